The Bertz CT molecular complexity index is 1970. The van der Waals surface area contributed by atoms with Crippen LogP contribution in [0.15, 0.2) is 101 Å². The molecule has 5 aromatic rings. The highest BCUT2D eigenvalue weighted by molar-refractivity contribution is 6.62. The maximum Gasteiger partial charge on any atom is 0.494 e. The topological polar surface area (TPSA) is 31.6 Å². The highest BCUT2D eigenvalue weighted by Gasteiger charge is 2.54. The van der Waals surface area contributed by atoms with E-state index in [0.29, 0.717) is 0 Å². The van der Waals surface area contributed by atoms with Crippen molar-refractivity contribution in [1.29, 1.82) is 0 Å². The molecule has 1 saturated heterocycles. The summed E-state index contributed by atoms with van der Waals surface area (Å²) in [7, 11) is -0.410. The van der Waals surface area contributed by atoms with Gasteiger partial charge in [-0.2, -0.15) is 0 Å². The van der Waals surface area contributed by atoms with Crippen molar-refractivity contribution in [3.05, 3.63) is 119 Å². The number of rotatable bonds is 2. The van der Waals surface area contributed by atoms with Crippen molar-refractivity contribution in [3.63, 3.8) is 0 Å². The standard InChI is InChI=1S/C37H33BO3/c1-7-12-24-22(2)37(30-19-17-23(21-28(24)30)38-40-35(3,4)36(5,6)41-38)29-15-10-8-14-27(29)33-31(37)20-18-26-25-13-9-11-16-32(25)39-34(26)33/h7-21H,1-6H3. The summed E-state index contributed by atoms with van der Waals surface area (Å²) in [5.41, 5.74) is 11.9. The Morgan fingerprint density at radius 2 is 1.39 bits per heavy atom. The van der Waals surface area contributed by atoms with Gasteiger partial charge in [0.15, 0.2) is 0 Å². The maximum atomic E-state index is 6.61. The predicted molar refractivity (Wildman–Crippen MR) is 169 cm³/mol. The van der Waals surface area contributed by atoms with Crippen molar-refractivity contribution in [2.75, 3.05) is 0 Å². The maximum absolute atomic E-state index is 6.61. The van der Waals surface area contributed by atoms with Gasteiger partial charge in [0.2, 0.25) is 0 Å². The monoisotopic (exact) mass is 536 g/mol. The van der Waals surface area contributed by atoms with Crippen molar-refractivity contribution >= 4 is 40.1 Å². The van der Waals surface area contributed by atoms with Crippen LogP contribution in [0.25, 0.3) is 38.6 Å². The van der Waals surface area contributed by atoms with E-state index in [1.54, 1.807) is 0 Å². The van der Waals surface area contributed by atoms with E-state index < -0.39 is 23.7 Å². The fourth-order valence-corrected chi connectivity index (χ4v) is 7.46. The molecule has 1 spiro atoms. The zero-order valence-corrected chi connectivity index (χ0v) is 24.5. The van der Waals surface area contributed by atoms with Gasteiger partial charge in [-0.15, -0.1) is 0 Å². The summed E-state index contributed by atoms with van der Waals surface area (Å²) < 4.78 is 19.6. The Morgan fingerprint density at radius 1 is 0.707 bits per heavy atom. The Morgan fingerprint density at radius 3 is 2.17 bits per heavy atom. The molecule has 1 fully saturated rings. The summed E-state index contributed by atoms with van der Waals surface area (Å²) in [4.78, 5) is 0. The molecule has 1 aromatic heterocycles. The third-order valence-corrected chi connectivity index (χ3v) is 10.1. The second kappa shape index (κ2) is 8.12. The minimum atomic E-state index is -0.410. The van der Waals surface area contributed by atoms with Gasteiger partial charge in [0.05, 0.1) is 16.6 Å². The number of para-hydroxylation sites is 1. The molecule has 0 amide bonds. The van der Waals surface area contributed by atoms with Gasteiger partial charge in [-0.25, -0.2) is 0 Å². The van der Waals surface area contributed by atoms with Crippen LogP contribution >= 0.6 is 0 Å². The number of benzene rings is 4. The summed E-state index contributed by atoms with van der Waals surface area (Å²) in [5, 5.41) is 2.32. The largest absolute Gasteiger partial charge is 0.494 e. The van der Waals surface area contributed by atoms with Gasteiger partial charge in [-0.1, -0.05) is 84.9 Å². The van der Waals surface area contributed by atoms with Crippen LogP contribution in [0.5, 0.6) is 0 Å². The first-order chi connectivity index (χ1) is 19.7. The number of fused-ring (bicyclic) bond motifs is 11. The third-order valence-electron chi connectivity index (χ3n) is 10.1. The van der Waals surface area contributed by atoms with Crippen LogP contribution in [0.1, 0.15) is 63.8 Å². The lowest BCUT2D eigenvalue weighted by Gasteiger charge is -2.32. The summed E-state index contributed by atoms with van der Waals surface area (Å²) in [5.74, 6) is 0. The zero-order chi connectivity index (χ0) is 28.3. The molecule has 4 aromatic carbocycles. The fourth-order valence-electron chi connectivity index (χ4n) is 7.46. The lowest BCUT2D eigenvalue weighted by Crippen LogP contribution is -2.41. The first-order valence-corrected chi connectivity index (χ1v) is 14.6. The van der Waals surface area contributed by atoms with Gasteiger partial charge < -0.3 is 13.7 Å². The van der Waals surface area contributed by atoms with Crippen molar-refractivity contribution in [2.45, 2.75) is 58.2 Å². The summed E-state index contributed by atoms with van der Waals surface area (Å²) in [6, 6.07) is 28.6. The minimum absolute atomic E-state index is 0.392. The summed E-state index contributed by atoms with van der Waals surface area (Å²) in [6.07, 6.45) is 4.41. The van der Waals surface area contributed by atoms with Crippen molar-refractivity contribution in [1.82, 2.24) is 0 Å². The van der Waals surface area contributed by atoms with E-state index in [2.05, 4.69) is 126 Å². The molecule has 0 saturated carbocycles. The molecule has 4 heteroatoms. The van der Waals surface area contributed by atoms with E-state index in [1.165, 1.54) is 44.5 Å². The van der Waals surface area contributed by atoms with E-state index in [1.807, 2.05) is 6.07 Å². The average Bonchev–Trinajstić information content (AvgIpc) is 3.62. The smallest absolute Gasteiger partial charge is 0.455 e. The van der Waals surface area contributed by atoms with Gasteiger partial charge in [-0.3, -0.25) is 0 Å². The summed E-state index contributed by atoms with van der Waals surface area (Å²) >= 11 is 0. The second-order valence-corrected chi connectivity index (χ2v) is 12.7. The Kier molecular flexibility index (Phi) is 4.93. The molecular weight excluding hydrogens is 503 g/mol. The number of hydrogen-bond donors (Lipinski definition) is 0. The number of furan rings is 1. The van der Waals surface area contributed by atoms with Crippen LogP contribution in [-0.4, -0.2) is 18.3 Å². The lowest BCUT2D eigenvalue weighted by molar-refractivity contribution is 0.00578. The lowest BCUT2D eigenvalue weighted by atomic mass is 9.69. The van der Waals surface area contributed by atoms with Gasteiger partial charge in [0.1, 0.15) is 11.2 Å². The molecule has 202 valence electrons. The molecule has 1 unspecified atom stereocenters. The van der Waals surface area contributed by atoms with Crippen LogP contribution in [-0.2, 0) is 14.7 Å². The van der Waals surface area contributed by atoms with Crippen LogP contribution in [0, 0.1) is 0 Å². The first-order valence-electron chi connectivity index (χ1n) is 14.6. The molecule has 3 nitrogen and oxygen atoms in total. The molecule has 1 atom stereocenters. The SMILES string of the molecule is CC=CC1=C(C)C2(c3ccc(B4OC(C)(C)C(C)(C)O4)cc31)c1ccccc1-c1c2ccc2c1oc1ccccc12. The molecule has 2 aliphatic carbocycles. The highest BCUT2D eigenvalue weighted by Crippen LogP contribution is 2.63. The van der Waals surface area contributed by atoms with Crippen molar-refractivity contribution in [3.8, 4) is 11.1 Å². The van der Waals surface area contributed by atoms with E-state index >= 15 is 0 Å². The number of hydrogen-bond acceptors (Lipinski definition) is 3. The van der Waals surface area contributed by atoms with Crippen LogP contribution in [0.4, 0.5) is 0 Å². The molecule has 8 rings (SSSR count). The average molecular weight is 536 g/mol. The van der Waals surface area contributed by atoms with Gasteiger partial charge in [0.25, 0.3) is 0 Å². The zero-order valence-electron chi connectivity index (χ0n) is 24.5. The van der Waals surface area contributed by atoms with Crippen LogP contribution in [0.3, 0.4) is 0 Å². The molecule has 0 N–H and O–H groups in total. The van der Waals surface area contributed by atoms with Gasteiger partial charge in [0, 0.05) is 16.3 Å². The molecule has 0 radical (unpaired) electrons. The molecule has 3 aliphatic rings. The van der Waals surface area contributed by atoms with Crippen LogP contribution in [0.2, 0.25) is 0 Å². The Balaban J connectivity index is 1.42. The fraction of sp³-hybridized carbons (Fsp3) is 0.243. The van der Waals surface area contributed by atoms with E-state index in [9.17, 15) is 0 Å². The molecular formula is C37H33BO3. The minimum Gasteiger partial charge on any atom is -0.455 e. The van der Waals surface area contributed by atoms with Gasteiger partial charge in [-0.05, 0) is 92.0 Å². The molecule has 1 aliphatic heterocycles. The van der Waals surface area contributed by atoms with E-state index in [-0.39, 0.29) is 0 Å². The van der Waals surface area contributed by atoms with Crippen molar-refractivity contribution in [2.24, 2.45) is 0 Å². The van der Waals surface area contributed by atoms with E-state index in [0.717, 1.165) is 27.4 Å². The normalized spacial score (nSPS) is 22.0. The highest BCUT2D eigenvalue weighted by atomic mass is 16.7. The molecule has 41 heavy (non-hydrogen) atoms. The quantitative estimate of drug-likeness (QED) is 0.212. The second-order valence-electron chi connectivity index (χ2n) is 12.7. The van der Waals surface area contributed by atoms with Crippen molar-refractivity contribution < 1.29 is 13.7 Å². The molecule has 0 bridgehead atoms. The van der Waals surface area contributed by atoms with Gasteiger partial charge >= 0.3 is 7.12 Å². The van der Waals surface area contributed by atoms with Crippen LogP contribution < -0.4 is 5.46 Å². The number of allylic oxidation sites excluding steroid dienone is 4. The Labute approximate surface area is 241 Å². The molecule has 2 heterocycles. The Hall–Kier alpha value is -3.86. The third kappa shape index (κ3) is 3.02. The predicted octanol–water partition coefficient (Wildman–Crippen LogP) is 8.56. The first kappa shape index (κ1) is 24.9. The summed E-state index contributed by atoms with van der Waals surface area (Å²) in [6.45, 7) is 12.8. The van der Waals surface area contributed by atoms with E-state index in [4.69, 9.17) is 13.7 Å².